The highest BCUT2D eigenvalue weighted by atomic mass is 35.5. The van der Waals surface area contributed by atoms with Gasteiger partial charge >= 0.3 is 0 Å². The van der Waals surface area contributed by atoms with Gasteiger partial charge in [-0.25, -0.2) is 4.39 Å². The Labute approximate surface area is 98.0 Å². The van der Waals surface area contributed by atoms with E-state index in [1.807, 2.05) is 6.07 Å². The van der Waals surface area contributed by atoms with E-state index in [-0.39, 0.29) is 18.3 Å². The van der Waals surface area contributed by atoms with E-state index in [1.165, 1.54) is 30.1 Å². The fourth-order valence-electron chi connectivity index (χ4n) is 1.21. The highest BCUT2D eigenvalue weighted by molar-refractivity contribution is 6.27. The molecule has 0 saturated carbocycles. The Balaban J connectivity index is 2.88. The summed E-state index contributed by atoms with van der Waals surface area (Å²) in [5, 5.41) is 8.67. The minimum atomic E-state index is -0.437. The first-order chi connectivity index (χ1) is 7.58. The van der Waals surface area contributed by atoms with Crippen LogP contribution in [0.25, 0.3) is 0 Å². The summed E-state index contributed by atoms with van der Waals surface area (Å²) in [6.45, 7) is 0.104. The number of carbonyl (C=O) groups excluding carboxylic acids is 1. The van der Waals surface area contributed by atoms with E-state index in [9.17, 15) is 9.18 Å². The number of halogens is 2. The van der Waals surface area contributed by atoms with Gasteiger partial charge in [0.05, 0.1) is 11.6 Å². The number of rotatable bonds is 3. The minimum Gasteiger partial charge on any atom is -0.340 e. The predicted molar refractivity (Wildman–Crippen MR) is 58.3 cm³/mol. The third-order valence-electron chi connectivity index (χ3n) is 2.12. The molecule has 0 aromatic heterocycles. The van der Waals surface area contributed by atoms with E-state index in [0.717, 1.165) is 0 Å². The van der Waals surface area contributed by atoms with Crippen LogP contribution in [0.1, 0.15) is 11.1 Å². The molecule has 16 heavy (non-hydrogen) atoms. The van der Waals surface area contributed by atoms with Gasteiger partial charge in [-0.1, -0.05) is 0 Å². The zero-order valence-corrected chi connectivity index (χ0v) is 9.46. The third-order valence-corrected chi connectivity index (χ3v) is 2.35. The van der Waals surface area contributed by atoms with Crippen LogP contribution in [0, 0.1) is 17.1 Å². The maximum atomic E-state index is 13.4. The Kier molecular flexibility index (Phi) is 4.27. The van der Waals surface area contributed by atoms with Crippen molar-refractivity contribution in [1.82, 2.24) is 4.90 Å². The lowest BCUT2D eigenvalue weighted by Crippen LogP contribution is -2.27. The van der Waals surface area contributed by atoms with Crippen molar-refractivity contribution in [3.63, 3.8) is 0 Å². The van der Waals surface area contributed by atoms with Gasteiger partial charge in [-0.05, 0) is 18.2 Å². The second-order valence-corrected chi connectivity index (χ2v) is 3.57. The molecule has 3 nitrogen and oxygen atoms in total. The van der Waals surface area contributed by atoms with Crippen LogP contribution in [0.5, 0.6) is 0 Å². The van der Waals surface area contributed by atoms with Gasteiger partial charge in [0.1, 0.15) is 11.7 Å². The first-order valence-corrected chi connectivity index (χ1v) is 5.10. The maximum absolute atomic E-state index is 13.4. The Bertz CT molecular complexity index is 442. The Morgan fingerprint density at radius 3 is 2.88 bits per heavy atom. The summed E-state index contributed by atoms with van der Waals surface area (Å²) < 4.78 is 13.4. The van der Waals surface area contributed by atoms with Crippen molar-refractivity contribution < 1.29 is 9.18 Å². The molecule has 0 spiro atoms. The van der Waals surface area contributed by atoms with Crippen LogP contribution in [0.3, 0.4) is 0 Å². The summed E-state index contributed by atoms with van der Waals surface area (Å²) in [5.74, 6) is -0.868. The molecular formula is C11H10ClFN2O. The Hall–Kier alpha value is -1.60. The average molecular weight is 241 g/mol. The molecule has 0 aliphatic rings. The molecule has 0 fully saturated rings. The van der Waals surface area contributed by atoms with Gasteiger partial charge in [-0.3, -0.25) is 4.79 Å². The van der Waals surface area contributed by atoms with Crippen molar-refractivity contribution in [3.8, 4) is 6.07 Å². The molecule has 0 N–H and O–H groups in total. The van der Waals surface area contributed by atoms with Crippen LogP contribution in [0.4, 0.5) is 4.39 Å². The van der Waals surface area contributed by atoms with Crippen LogP contribution in [-0.2, 0) is 11.3 Å². The highest BCUT2D eigenvalue weighted by Crippen LogP contribution is 2.12. The second kappa shape index (κ2) is 5.47. The van der Waals surface area contributed by atoms with Crippen LogP contribution in [-0.4, -0.2) is 23.7 Å². The Morgan fingerprint density at radius 2 is 2.31 bits per heavy atom. The van der Waals surface area contributed by atoms with Crippen LogP contribution in [0.2, 0.25) is 0 Å². The lowest BCUT2D eigenvalue weighted by molar-refractivity contribution is -0.127. The third kappa shape index (κ3) is 2.94. The molecule has 0 aliphatic carbocycles. The van der Waals surface area contributed by atoms with Crippen LogP contribution in [0.15, 0.2) is 18.2 Å². The van der Waals surface area contributed by atoms with Gasteiger partial charge in [0.15, 0.2) is 0 Å². The molecule has 0 radical (unpaired) electrons. The van der Waals surface area contributed by atoms with E-state index >= 15 is 0 Å². The molecule has 1 rings (SSSR count). The molecule has 0 heterocycles. The monoisotopic (exact) mass is 240 g/mol. The summed E-state index contributed by atoms with van der Waals surface area (Å²) in [4.78, 5) is 12.5. The zero-order chi connectivity index (χ0) is 12.1. The average Bonchev–Trinajstić information content (AvgIpc) is 2.30. The summed E-state index contributed by atoms with van der Waals surface area (Å²) in [6.07, 6.45) is 0. The van der Waals surface area contributed by atoms with Crippen molar-refractivity contribution in [1.29, 1.82) is 5.26 Å². The van der Waals surface area contributed by atoms with E-state index in [4.69, 9.17) is 16.9 Å². The van der Waals surface area contributed by atoms with Gasteiger partial charge in [0, 0.05) is 19.2 Å². The van der Waals surface area contributed by atoms with E-state index in [1.54, 1.807) is 0 Å². The van der Waals surface area contributed by atoms with Crippen molar-refractivity contribution in [2.75, 3.05) is 12.9 Å². The SMILES string of the molecule is CN(Cc1cc(C#N)ccc1F)C(=O)CCl. The molecule has 84 valence electrons. The molecule has 0 bridgehead atoms. The molecular weight excluding hydrogens is 231 g/mol. The van der Waals surface area contributed by atoms with Gasteiger partial charge in [-0.2, -0.15) is 5.26 Å². The molecule has 1 aromatic carbocycles. The normalized spacial score (nSPS) is 9.62. The quantitative estimate of drug-likeness (QED) is 0.758. The summed E-state index contributed by atoms with van der Waals surface area (Å²) in [6, 6.07) is 5.95. The van der Waals surface area contributed by atoms with Gasteiger partial charge in [0.25, 0.3) is 0 Å². The molecule has 1 amide bonds. The van der Waals surface area contributed by atoms with Gasteiger partial charge in [0.2, 0.25) is 5.91 Å². The number of amides is 1. The highest BCUT2D eigenvalue weighted by Gasteiger charge is 2.11. The Morgan fingerprint density at radius 1 is 1.62 bits per heavy atom. The number of hydrogen-bond acceptors (Lipinski definition) is 2. The molecule has 5 heteroatoms. The minimum absolute atomic E-state index is 0.104. The molecule has 0 atom stereocenters. The summed E-state index contributed by atoms with van der Waals surface area (Å²) in [5.41, 5.74) is 0.670. The first-order valence-electron chi connectivity index (χ1n) is 4.57. The molecule has 0 unspecified atom stereocenters. The first kappa shape index (κ1) is 12.5. The number of hydrogen-bond donors (Lipinski definition) is 0. The van der Waals surface area contributed by atoms with Crippen molar-refractivity contribution in [2.24, 2.45) is 0 Å². The molecule has 0 aliphatic heterocycles. The van der Waals surface area contributed by atoms with Crippen molar-refractivity contribution in [2.45, 2.75) is 6.54 Å². The van der Waals surface area contributed by atoms with E-state index < -0.39 is 5.82 Å². The fraction of sp³-hybridized carbons (Fsp3) is 0.273. The summed E-state index contributed by atoms with van der Waals surface area (Å²) >= 11 is 5.37. The largest absolute Gasteiger partial charge is 0.340 e. The standard InChI is InChI=1S/C11H10ClFN2O/c1-15(11(16)5-12)7-9-4-8(6-14)2-3-10(9)13/h2-4H,5,7H2,1H3. The number of nitrogens with zero attached hydrogens (tertiary/aromatic N) is 2. The zero-order valence-electron chi connectivity index (χ0n) is 8.70. The second-order valence-electron chi connectivity index (χ2n) is 3.30. The lowest BCUT2D eigenvalue weighted by Gasteiger charge is -2.16. The van der Waals surface area contributed by atoms with Crippen LogP contribution >= 0.6 is 11.6 Å². The van der Waals surface area contributed by atoms with Crippen molar-refractivity contribution >= 4 is 17.5 Å². The topological polar surface area (TPSA) is 44.1 Å². The molecule has 0 saturated heterocycles. The number of carbonyl (C=O) groups is 1. The lowest BCUT2D eigenvalue weighted by atomic mass is 10.1. The predicted octanol–water partition coefficient (Wildman–Crippen LogP) is 1.89. The van der Waals surface area contributed by atoms with E-state index in [0.29, 0.717) is 11.1 Å². The summed E-state index contributed by atoms with van der Waals surface area (Å²) in [7, 11) is 1.53. The van der Waals surface area contributed by atoms with E-state index in [2.05, 4.69) is 0 Å². The van der Waals surface area contributed by atoms with Crippen molar-refractivity contribution in [3.05, 3.63) is 35.1 Å². The number of alkyl halides is 1. The van der Waals surface area contributed by atoms with Gasteiger partial charge < -0.3 is 4.90 Å². The smallest absolute Gasteiger partial charge is 0.237 e. The number of nitriles is 1. The fourth-order valence-corrected chi connectivity index (χ4v) is 1.42. The van der Waals surface area contributed by atoms with Crippen LogP contribution < -0.4 is 0 Å². The maximum Gasteiger partial charge on any atom is 0.237 e. The van der Waals surface area contributed by atoms with Gasteiger partial charge in [-0.15, -0.1) is 11.6 Å². The molecule has 1 aromatic rings. The number of benzene rings is 1.